The summed E-state index contributed by atoms with van der Waals surface area (Å²) >= 11 is 0. The third-order valence-corrected chi connectivity index (χ3v) is 8.49. The van der Waals surface area contributed by atoms with Gasteiger partial charge in [-0.15, -0.1) is 0 Å². The van der Waals surface area contributed by atoms with E-state index in [0.29, 0.717) is 0 Å². The van der Waals surface area contributed by atoms with Gasteiger partial charge in [0.25, 0.3) is 0 Å². The molecule has 1 aliphatic rings. The molecule has 2 nitrogen and oxygen atoms in total. The van der Waals surface area contributed by atoms with Gasteiger partial charge < -0.3 is 9.15 Å². The molecule has 2 heteroatoms. The van der Waals surface area contributed by atoms with Crippen LogP contribution in [0.5, 0.6) is 11.5 Å². The second-order valence-corrected chi connectivity index (χ2v) is 10.9. The van der Waals surface area contributed by atoms with Gasteiger partial charge in [0.05, 0.1) is 0 Å². The maximum absolute atomic E-state index is 6.64. The van der Waals surface area contributed by atoms with Gasteiger partial charge in [0.2, 0.25) is 0 Å². The van der Waals surface area contributed by atoms with Crippen molar-refractivity contribution in [2.24, 2.45) is 0 Å². The Morgan fingerprint density at radius 1 is 0.357 bits per heavy atom. The minimum Gasteiger partial charge on any atom is -0.456 e. The molecule has 0 amide bonds. The molecule has 42 heavy (non-hydrogen) atoms. The zero-order valence-corrected chi connectivity index (χ0v) is 22.7. The van der Waals surface area contributed by atoms with Crippen molar-refractivity contribution in [1.29, 1.82) is 0 Å². The van der Waals surface area contributed by atoms with Gasteiger partial charge in [-0.3, -0.25) is 0 Å². The minimum absolute atomic E-state index is 0.896. The summed E-state index contributed by atoms with van der Waals surface area (Å²) in [6.45, 7) is 0. The van der Waals surface area contributed by atoms with Gasteiger partial charge in [0, 0.05) is 32.8 Å². The molecule has 0 aliphatic carbocycles. The highest BCUT2D eigenvalue weighted by atomic mass is 16.5. The third kappa shape index (κ3) is 3.45. The van der Waals surface area contributed by atoms with Gasteiger partial charge in [0.15, 0.2) is 0 Å². The second kappa shape index (κ2) is 8.95. The molecule has 7 aromatic carbocycles. The van der Waals surface area contributed by atoms with Crippen LogP contribution in [-0.4, -0.2) is 0 Å². The van der Waals surface area contributed by atoms with Crippen LogP contribution >= 0.6 is 0 Å². The number of benzene rings is 7. The summed E-state index contributed by atoms with van der Waals surface area (Å²) in [5.41, 5.74) is 11.0. The molecular weight excluding hydrogens is 512 g/mol. The highest BCUT2D eigenvalue weighted by Crippen LogP contribution is 2.47. The molecule has 0 unspecified atom stereocenters. The summed E-state index contributed by atoms with van der Waals surface area (Å²) < 4.78 is 13.0. The number of para-hydroxylation sites is 2. The van der Waals surface area contributed by atoms with Gasteiger partial charge in [-0.05, 0) is 51.4 Å². The highest BCUT2D eigenvalue weighted by Gasteiger charge is 2.20. The molecule has 0 N–H and O–H groups in total. The minimum atomic E-state index is 0.896. The highest BCUT2D eigenvalue weighted by molar-refractivity contribution is 6.13. The quantitative estimate of drug-likeness (QED) is 0.224. The molecule has 196 valence electrons. The second-order valence-electron chi connectivity index (χ2n) is 10.9. The van der Waals surface area contributed by atoms with E-state index in [-0.39, 0.29) is 0 Å². The van der Waals surface area contributed by atoms with Gasteiger partial charge in [-0.2, -0.15) is 0 Å². The summed E-state index contributed by atoms with van der Waals surface area (Å²) in [4.78, 5) is 0. The van der Waals surface area contributed by atoms with E-state index >= 15 is 0 Å². The van der Waals surface area contributed by atoms with Gasteiger partial charge >= 0.3 is 0 Å². The number of hydrogen-bond donors (Lipinski definition) is 0. The molecule has 0 bridgehead atoms. The molecule has 1 aromatic heterocycles. The fourth-order valence-electron chi connectivity index (χ4n) is 6.48. The van der Waals surface area contributed by atoms with Crippen LogP contribution in [0, 0.1) is 0 Å². The Bertz CT molecular complexity index is 2300. The number of furan rings is 1. The fourth-order valence-corrected chi connectivity index (χ4v) is 6.48. The Balaban J connectivity index is 1.13. The first-order valence-corrected chi connectivity index (χ1v) is 14.3. The van der Waals surface area contributed by atoms with Crippen molar-refractivity contribution in [2.45, 2.75) is 0 Å². The lowest BCUT2D eigenvalue weighted by Gasteiger charge is -2.22. The average Bonchev–Trinajstić information content (AvgIpc) is 3.45. The van der Waals surface area contributed by atoms with E-state index < -0.39 is 0 Å². The van der Waals surface area contributed by atoms with Gasteiger partial charge in [-0.25, -0.2) is 0 Å². The smallest absolute Gasteiger partial charge is 0.143 e. The van der Waals surface area contributed by atoms with E-state index in [1.165, 1.54) is 16.3 Å². The van der Waals surface area contributed by atoms with E-state index in [1.54, 1.807) is 0 Å². The summed E-state index contributed by atoms with van der Waals surface area (Å²) in [6, 6.07) is 51.3. The van der Waals surface area contributed by atoms with Crippen molar-refractivity contribution in [3.8, 4) is 56.0 Å². The third-order valence-electron chi connectivity index (χ3n) is 8.49. The topological polar surface area (TPSA) is 22.4 Å². The molecule has 9 rings (SSSR count). The molecule has 0 atom stereocenters. The normalized spacial score (nSPS) is 12.0. The van der Waals surface area contributed by atoms with E-state index in [9.17, 15) is 0 Å². The van der Waals surface area contributed by atoms with Crippen LogP contribution in [0.15, 0.2) is 150 Å². The van der Waals surface area contributed by atoms with Gasteiger partial charge in [-0.1, -0.05) is 127 Å². The molecule has 0 radical (unpaired) electrons. The number of hydrogen-bond acceptors (Lipinski definition) is 2. The average molecular weight is 537 g/mol. The Labute approximate surface area is 243 Å². The lowest BCUT2D eigenvalue weighted by molar-refractivity contribution is 0.487. The van der Waals surface area contributed by atoms with Crippen LogP contribution in [0.4, 0.5) is 0 Å². The van der Waals surface area contributed by atoms with Crippen molar-refractivity contribution in [3.05, 3.63) is 146 Å². The van der Waals surface area contributed by atoms with E-state index in [1.807, 2.05) is 12.1 Å². The zero-order valence-electron chi connectivity index (χ0n) is 22.7. The molecule has 2 heterocycles. The Hall–Kier alpha value is -5.60. The lowest BCUT2D eigenvalue weighted by atomic mass is 9.92. The first-order chi connectivity index (χ1) is 20.8. The molecule has 8 aromatic rings. The lowest BCUT2D eigenvalue weighted by Crippen LogP contribution is -1.97. The number of fused-ring (bicyclic) bond motifs is 5. The summed E-state index contributed by atoms with van der Waals surface area (Å²) in [5, 5.41) is 4.64. The first kappa shape index (κ1) is 23.1. The van der Waals surface area contributed by atoms with Crippen molar-refractivity contribution < 1.29 is 9.15 Å². The Kier molecular flexibility index (Phi) is 4.93. The van der Waals surface area contributed by atoms with Crippen LogP contribution < -0.4 is 4.74 Å². The predicted molar refractivity (Wildman–Crippen MR) is 173 cm³/mol. The SMILES string of the molecule is c1ccc(-c2cccc3c2oc2c(-c4ccc(-c5ccc6c(c5)-c5cccc7cccc(c57)O6)cc4)cccc23)cc1. The predicted octanol–water partition coefficient (Wildman–Crippen LogP) is 11.5. The van der Waals surface area contributed by atoms with E-state index in [2.05, 4.69) is 133 Å². The number of ether oxygens (including phenoxy) is 1. The maximum Gasteiger partial charge on any atom is 0.143 e. The van der Waals surface area contributed by atoms with Crippen LogP contribution in [0.25, 0.3) is 77.2 Å². The maximum atomic E-state index is 6.64. The molecule has 1 aliphatic heterocycles. The van der Waals surface area contributed by atoms with Crippen LogP contribution in [0.3, 0.4) is 0 Å². The molecule has 0 spiro atoms. The monoisotopic (exact) mass is 536 g/mol. The Morgan fingerprint density at radius 3 is 1.69 bits per heavy atom. The van der Waals surface area contributed by atoms with Crippen LogP contribution in [0.2, 0.25) is 0 Å². The largest absolute Gasteiger partial charge is 0.456 e. The molecule has 0 saturated carbocycles. The zero-order chi connectivity index (χ0) is 27.6. The van der Waals surface area contributed by atoms with Crippen molar-refractivity contribution >= 4 is 32.7 Å². The van der Waals surface area contributed by atoms with Gasteiger partial charge in [0.1, 0.15) is 22.7 Å². The van der Waals surface area contributed by atoms with Crippen LogP contribution in [-0.2, 0) is 0 Å². The van der Waals surface area contributed by atoms with Crippen molar-refractivity contribution in [1.82, 2.24) is 0 Å². The van der Waals surface area contributed by atoms with Crippen molar-refractivity contribution in [3.63, 3.8) is 0 Å². The summed E-state index contributed by atoms with van der Waals surface area (Å²) in [7, 11) is 0. The standard InChI is InChI=1S/C40H24O2/c1-2-8-26(9-3-1)30-12-6-15-33-34-16-7-13-31(40(34)42-39(30)33)27-20-18-25(19-21-27)29-22-23-36-35(24-29)32-14-4-10-28-11-5-17-37(41-36)38(28)32/h1-24H. The van der Waals surface area contributed by atoms with E-state index in [4.69, 9.17) is 9.15 Å². The summed E-state index contributed by atoms with van der Waals surface area (Å²) in [5.74, 6) is 1.82. The van der Waals surface area contributed by atoms with Crippen molar-refractivity contribution in [2.75, 3.05) is 0 Å². The summed E-state index contributed by atoms with van der Waals surface area (Å²) in [6.07, 6.45) is 0. The fraction of sp³-hybridized carbons (Fsp3) is 0. The van der Waals surface area contributed by atoms with Crippen LogP contribution in [0.1, 0.15) is 0 Å². The first-order valence-electron chi connectivity index (χ1n) is 14.3. The molecular formula is C40H24O2. The molecule has 0 fully saturated rings. The van der Waals surface area contributed by atoms with E-state index in [0.717, 1.165) is 72.4 Å². The molecule has 0 saturated heterocycles. The Morgan fingerprint density at radius 2 is 0.952 bits per heavy atom. The number of rotatable bonds is 3.